The molecular weight excluding hydrogens is 328 g/mol. The lowest BCUT2D eigenvalue weighted by atomic mass is 10.0. The van der Waals surface area contributed by atoms with Gasteiger partial charge in [0.25, 0.3) is 5.91 Å². The molecule has 0 fully saturated rings. The number of anilines is 1. The monoisotopic (exact) mass is 350 g/mol. The minimum absolute atomic E-state index is 0.0912. The van der Waals surface area contributed by atoms with Gasteiger partial charge in [0.05, 0.1) is 0 Å². The van der Waals surface area contributed by atoms with E-state index in [2.05, 4.69) is 16.6 Å². The maximum atomic E-state index is 12.5. The van der Waals surface area contributed by atoms with E-state index >= 15 is 0 Å². The van der Waals surface area contributed by atoms with Crippen molar-refractivity contribution >= 4 is 17.5 Å². The Kier molecular flexibility index (Phi) is 6.81. The zero-order valence-corrected chi connectivity index (χ0v) is 14.9. The average molecular weight is 350 g/mol. The van der Waals surface area contributed by atoms with Crippen molar-refractivity contribution in [3.05, 3.63) is 60.2 Å². The zero-order chi connectivity index (χ0) is 18.9. The Labute approximate surface area is 153 Å². The number of ether oxygens (including phenoxy) is 1. The smallest absolute Gasteiger partial charge is 0.258 e. The van der Waals surface area contributed by atoms with Crippen LogP contribution in [0.2, 0.25) is 0 Å². The lowest BCUT2D eigenvalue weighted by Gasteiger charge is -2.22. The summed E-state index contributed by atoms with van der Waals surface area (Å²) in [6.45, 7) is 3.56. The molecule has 2 rings (SSSR count). The number of terminal acetylenes is 1. The van der Waals surface area contributed by atoms with Gasteiger partial charge in [0, 0.05) is 11.3 Å². The Morgan fingerprint density at radius 1 is 1.12 bits per heavy atom. The van der Waals surface area contributed by atoms with Gasteiger partial charge >= 0.3 is 0 Å². The average Bonchev–Trinajstić information content (AvgIpc) is 2.65. The van der Waals surface area contributed by atoms with Crippen molar-refractivity contribution in [1.82, 2.24) is 5.32 Å². The van der Waals surface area contributed by atoms with Gasteiger partial charge in [-0.2, -0.15) is 0 Å². The van der Waals surface area contributed by atoms with Crippen molar-refractivity contribution in [2.45, 2.75) is 19.9 Å². The summed E-state index contributed by atoms with van der Waals surface area (Å²) in [5.41, 5.74) is 1.26. The number of nitrogens with one attached hydrogen (secondary N) is 2. The van der Waals surface area contributed by atoms with Gasteiger partial charge < -0.3 is 15.4 Å². The fourth-order valence-electron chi connectivity index (χ4n) is 2.32. The molecule has 2 aromatic rings. The van der Waals surface area contributed by atoms with E-state index in [1.807, 2.05) is 32.0 Å². The number of hydrogen-bond acceptors (Lipinski definition) is 3. The van der Waals surface area contributed by atoms with Crippen molar-refractivity contribution in [2.24, 2.45) is 5.92 Å². The summed E-state index contributed by atoms with van der Waals surface area (Å²) in [4.78, 5) is 24.7. The van der Waals surface area contributed by atoms with Crippen molar-refractivity contribution in [1.29, 1.82) is 0 Å². The van der Waals surface area contributed by atoms with Crippen LogP contribution in [0.25, 0.3) is 0 Å². The molecule has 0 bridgehead atoms. The molecule has 2 amide bonds. The summed E-state index contributed by atoms with van der Waals surface area (Å²) in [6, 6.07) is 15.3. The first-order valence-electron chi connectivity index (χ1n) is 8.34. The molecule has 2 aromatic carbocycles. The highest BCUT2D eigenvalue weighted by molar-refractivity contribution is 5.97. The molecule has 0 saturated carbocycles. The number of carbonyl (C=O) groups excluding carboxylic acids is 2. The van der Waals surface area contributed by atoms with Gasteiger partial charge in [0.2, 0.25) is 5.91 Å². The Hall–Kier alpha value is -3.26. The van der Waals surface area contributed by atoms with Crippen molar-refractivity contribution < 1.29 is 14.3 Å². The van der Waals surface area contributed by atoms with Crippen LogP contribution in [-0.2, 0) is 9.59 Å². The quantitative estimate of drug-likeness (QED) is 0.755. The van der Waals surface area contributed by atoms with E-state index in [0.29, 0.717) is 17.0 Å². The number of hydrogen-bond donors (Lipinski definition) is 2. The lowest BCUT2D eigenvalue weighted by Crippen LogP contribution is -2.48. The molecule has 0 radical (unpaired) electrons. The number of benzene rings is 2. The molecule has 0 saturated heterocycles. The Morgan fingerprint density at radius 2 is 1.85 bits per heavy atom. The second-order valence-corrected chi connectivity index (χ2v) is 6.11. The van der Waals surface area contributed by atoms with Crippen LogP contribution < -0.4 is 15.4 Å². The minimum atomic E-state index is -0.684. The van der Waals surface area contributed by atoms with E-state index < -0.39 is 6.04 Å². The van der Waals surface area contributed by atoms with E-state index in [0.717, 1.165) is 0 Å². The second-order valence-electron chi connectivity index (χ2n) is 6.11. The summed E-state index contributed by atoms with van der Waals surface area (Å²) in [5, 5.41) is 5.51. The van der Waals surface area contributed by atoms with Gasteiger partial charge in [0.1, 0.15) is 11.8 Å². The number of amides is 2. The van der Waals surface area contributed by atoms with Gasteiger partial charge in [0.15, 0.2) is 6.61 Å². The SMILES string of the molecule is C#Cc1cccc(NC(=O)C(NC(=O)COc2ccccc2)C(C)C)c1. The van der Waals surface area contributed by atoms with E-state index in [-0.39, 0.29) is 24.3 Å². The first-order valence-corrected chi connectivity index (χ1v) is 8.34. The predicted molar refractivity (Wildman–Crippen MR) is 102 cm³/mol. The summed E-state index contributed by atoms with van der Waals surface area (Å²) in [5.74, 6) is 2.36. The second kappa shape index (κ2) is 9.28. The molecule has 0 aliphatic rings. The molecular formula is C21H22N2O3. The van der Waals surface area contributed by atoms with Crippen LogP contribution in [-0.4, -0.2) is 24.5 Å². The maximum absolute atomic E-state index is 12.5. The standard InChI is InChI=1S/C21H22N2O3/c1-4-16-9-8-10-17(13-16)22-21(25)20(15(2)3)23-19(24)14-26-18-11-6-5-7-12-18/h1,5-13,15,20H,14H2,2-3H3,(H,22,25)(H,23,24). The normalized spacial score (nSPS) is 11.3. The van der Waals surface area contributed by atoms with Crippen molar-refractivity contribution in [3.8, 4) is 18.1 Å². The van der Waals surface area contributed by atoms with Crippen molar-refractivity contribution in [3.63, 3.8) is 0 Å². The summed E-state index contributed by atoms with van der Waals surface area (Å²) in [7, 11) is 0. The number of para-hydroxylation sites is 1. The highest BCUT2D eigenvalue weighted by atomic mass is 16.5. The van der Waals surface area contributed by atoms with Crippen LogP contribution in [0.4, 0.5) is 5.69 Å². The molecule has 0 spiro atoms. The Bertz CT molecular complexity index is 794. The first-order chi connectivity index (χ1) is 12.5. The third-order valence-electron chi connectivity index (χ3n) is 3.68. The Morgan fingerprint density at radius 3 is 2.50 bits per heavy atom. The summed E-state index contributed by atoms with van der Waals surface area (Å²) >= 11 is 0. The van der Waals surface area contributed by atoms with Crippen LogP contribution in [0.5, 0.6) is 5.75 Å². The third kappa shape index (κ3) is 5.67. The van der Waals surface area contributed by atoms with Crippen molar-refractivity contribution in [2.75, 3.05) is 11.9 Å². The molecule has 134 valence electrons. The van der Waals surface area contributed by atoms with Crippen LogP contribution in [0.15, 0.2) is 54.6 Å². The third-order valence-corrected chi connectivity index (χ3v) is 3.68. The highest BCUT2D eigenvalue weighted by Crippen LogP contribution is 2.12. The van der Waals surface area contributed by atoms with Gasteiger partial charge in [-0.25, -0.2) is 0 Å². The number of carbonyl (C=O) groups is 2. The van der Waals surface area contributed by atoms with E-state index in [1.165, 1.54) is 0 Å². The van der Waals surface area contributed by atoms with Crippen LogP contribution in [0.3, 0.4) is 0 Å². The minimum Gasteiger partial charge on any atom is -0.484 e. The molecule has 0 aliphatic carbocycles. The molecule has 0 aromatic heterocycles. The predicted octanol–water partition coefficient (Wildman–Crippen LogP) is 2.83. The lowest BCUT2D eigenvalue weighted by molar-refractivity contribution is -0.128. The molecule has 5 nitrogen and oxygen atoms in total. The summed E-state index contributed by atoms with van der Waals surface area (Å²) in [6.07, 6.45) is 5.37. The van der Waals surface area contributed by atoms with Crippen LogP contribution in [0, 0.1) is 18.3 Å². The van der Waals surface area contributed by atoms with Gasteiger partial charge in [-0.15, -0.1) is 6.42 Å². The van der Waals surface area contributed by atoms with Gasteiger partial charge in [-0.3, -0.25) is 9.59 Å². The molecule has 2 N–H and O–H groups in total. The summed E-state index contributed by atoms with van der Waals surface area (Å²) < 4.78 is 5.41. The molecule has 5 heteroatoms. The highest BCUT2D eigenvalue weighted by Gasteiger charge is 2.24. The van der Waals surface area contributed by atoms with E-state index in [4.69, 9.17) is 11.2 Å². The number of rotatable bonds is 7. The van der Waals surface area contributed by atoms with Gasteiger partial charge in [-0.05, 0) is 36.2 Å². The first kappa shape index (κ1) is 19.1. The molecule has 1 atom stereocenters. The van der Waals surface area contributed by atoms with E-state index in [9.17, 15) is 9.59 Å². The van der Waals surface area contributed by atoms with Gasteiger partial charge in [-0.1, -0.05) is 44.0 Å². The van der Waals surface area contributed by atoms with Crippen LogP contribution in [0.1, 0.15) is 19.4 Å². The Balaban J connectivity index is 1.95. The molecule has 1 unspecified atom stereocenters. The molecule has 0 heterocycles. The fraction of sp³-hybridized carbons (Fsp3) is 0.238. The van der Waals surface area contributed by atoms with E-state index in [1.54, 1.807) is 36.4 Å². The molecule has 0 aliphatic heterocycles. The molecule has 26 heavy (non-hydrogen) atoms. The van der Waals surface area contributed by atoms with Crippen LogP contribution >= 0.6 is 0 Å². The topological polar surface area (TPSA) is 67.4 Å². The fourth-order valence-corrected chi connectivity index (χ4v) is 2.32. The maximum Gasteiger partial charge on any atom is 0.258 e. The largest absolute Gasteiger partial charge is 0.484 e. The zero-order valence-electron chi connectivity index (χ0n) is 14.9.